The summed E-state index contributed by atoms with van der Waals surface area (Å²) in [4.78, 5) is 25.9. The number of anilines is 1. The smallest absolute Gasteiger partial charge is 0.226 e. The lowest BCUT2D eigenvalue weighted by Gasteiger charge is -2.22. The molecule has 2 aromatic heterocycles. The molecule has 6 heteroatoms. The van der Waals surface area contributed by atoms with E-state index in [0.717, 1.165) is 44.0 Å². The van der Waals surface area contributed by atoms with Gasteiger partial charge in [0.1, 0.15) is 6.10 Å². The number of rotatable bonds is 5. The lowest BCUT2D eigenvalue weighted by molar-refractivity contribution is -0.131. The fourth-order valence-electron chi connectivity index (χ4n) is 4.51. The molecule has 1 aliphatic carbocycles. The SMILES string of the molecule is O=C([C@@H]1C[C@@H]1c1cccnc1)N1CC[C@@H](Oc2cccnc2N2CCCC2)C1. The van der Waals surface area contributed by atoms with Crippen molar-refractivity contribution in [2.75, 3.05) is 31.1 Å². The topological polar surface area (TPSA) is 58.6 Å². The van der Waals surface area contributed by atoms with Crippen LogP contribution in [0.2, 0.25) is 0 Å². The Balaban J connectivity index is 1.20. The highest BCUT2D eigenvalue weighted by atomic mass is 16.5. The predicted molar refractivity (Wildman–Crippen MR) is 106 cm³/mol. The third-order valence-corrected chi connectivity index (χ3v) is 6.13. The lowest BCUT2D eigenvalue weighted by Crippen LogP contribution is -2.32. The maximum absolute atomic E-state index is 12.9. The zero-order valence-corrected chi connectivity index (χ0v) is 16.0. The highest BCUT2D eigenvalue weighted by Crippen LogP contribution is 2.48. The van der Waals surface area contributed by atoms with Crippen LogP contribution in [0.1, 0.15) is 37.2 Å². The second-order valence-electron chi connectivity index (χ2n) is 8.07. The molecule has 3 atom stereocenters. The van der Waals surface area contributed by atoms with Crippen molar-refractivity contribution in [2.45, 2.75) is 37.7 Å². The van der Waals surface area contributed by atoms with Crippen molar-refractivity contribution in [3.63, 3.8) is 0 Å². The van der Waals surface area contributed by atoms with Gasteiger partial charge >= 0.3 is 0 Å². The minimum absolute atomic E-state index is 0.0464. The number of hydrogen-bond donors (Lipinski definition) is 0. The van der Waals surface area contributed by atoms with E-state index >= 15 is 0 Å². The summed E-state index contributed by atoms with van der Waals surface area (Å²) in [6.07, 6.45) is 9.78. The van der Waals surface area contributed by atoms with Crippen LogP contribution in [-0.4, -0.2) is 53.1 Å². The van der Waals surface area contributed by atoms with Gasteiger partial charge in [0.25, 0.3) is 0 Å². The van der Waals surface area contributed by atoms with Gasteiger partial charge in [-0.05, 0) is 48.9 Å². The van der Waals surface area contributed by atoms with Gasteiger partial charge in [-0.1, -0.05) is 6.07 Å². The quantitative estimate of drug-likeness (QED) is 0.801. The maximum Gasteiger partial charge on any atom is 0.226 e. The minimum Gasteiger partial charge on any atom is -0.485 e. The molecular formula is C22H26N4O2. The van der Waals surface area contributed by atoms with Crippen molar-refractivity contribution >= 4 is 11.7 Å². The summed E-state index contributed by atoms with van der Waals surface area (Å²) in [6.45, 7) is 3.53. The zero-order valence-electron chi connectivity index (χ0n) is 16.0. The van der Waals surface area contributed by atoms with Crippen LogP contribution in [-0.2, 0) is 4.79 Å². The fraction of sp³-hybridized carbons (Fsp3) is 0.500. The van der Waals surface area contributed by atoms with Gasteiger partial charge in [0.15, 0.2) is 11.6 Å². The first-order valence-corrected chi connectivity index (χ1v) is 10.3. The molecule has 5 rings (SSSR count). The molecule has 0 unspecified atom stereocenters. The molecule has 4 heterocycles. The molecule has 6 nitrogen and oxygen atoms in total. The summed E-state index contributed by atoms with van der Waals surface area (Å²) in [7, 11) is 0. The van der Waals surface area contributed by atoms with E-state index < -0.39 is 0 Å². The van der Waals surface area contributed by atoms with E-state index in [1.165, 1.54) is 18.4 Å². The number of amides is 1. The van der Waals surface area contributed by atoms with Gasteiger partial charge in [-0.15, -0.1) is 0 Å². The maximum atomic E-state index is 12.9. The van der Waals surface area contributed by atoms with Gasteiger partial charge in [0.05, 0.1) is 6.54 Å². The molecule has 1 amide bonds. The van der Waals surface area contributed by atoms with Gasteiger partial charge in [0, 0.05) is 50.6 Å². The van der Waals surface area contributed by atoms with Gasteiger partial charge in [-0.25, -0.2) is 4.98 Å². The van der Waals surface area contributed by atoms with E-state index in [1.54, 1.807) is 6.20 Å². The standard InChI is InChI=1S/C22H26N4O2/c27-22(19-13-18(19)16-5-3-8-23-14-16)26-12-7-17(15-26)28-20-6-4-9-24-21(20)25-10-1-2-11-25/h3-6,8-9,14,17-19H,1-2,7,10-13,15H2/t17-,18-,19-/m1/s1. The lowest BCUT2D eigenvalue weighted by atomic mass is 10.1. The van der Waals surface area contributed by atoms with E-state index in [-0.39, 0.29) is 17.9 Å². The van der Waals surface area contributed by atoms with E-state index in [9.17, 15) is 4.79 Å². The van der Waals surface area contributed by atoms with Gasteiger partial charge in [0.2, 0.25) is 5.91 Å². The van der Waals surface area contributed by atoms with E-state index in [2.05, 4.69) is 20.9 Å². The third-order valence-electron chi connectivity index (χ3n) is 6.13. The second kappa shape index (κ2) is 7.41. The van der Waals surface area contributed by atoms with Crippen LogP contribution in [0.25, 0.3) is 0 Å². The van der Waals surface area contributed by atoms with E-state index in [1.807, 2.05) is 35.5 Å². The number of aromatic nitrogens is 2. The first-order valence-electron chi connectivity index (χ1n) is 10.3. The number of carbonyl (C=O) groups excluding carboxylic acids is 1. The average Bonchev–Trinajstić information content (AvgIpc) is 3.12. The summed E-state index contributed by atoms with van der Waals surface area (Å²) < 4.78 is 6.30. The summed E-state index contributed by atoms with van der Waals surface area (Å²) in [5.41, 5.74) is 1.18. The van der Waals surface area contributed by atoms with Crippen LogP contribution in [0.3, 0.4) is 0 Å². The van der Waals surface area contributed by atoms with E-state index in [0.29, 0.717) is 12.5 Å². The Morgan fingerprint density at radius 3 is 2.79 bits per heavy atom. The normalized spacial score (nSPS) is 26.5. The number of nitrogens with zero attached hydrogens (tertiary/aromatic N) is 4. The summed E-state index contributed by atoms with van der Waals surface area (Å²) in [6, 6.07) is 7.95. The molecule has 1 saturated carbocycles. The first kappa shape index (κ1) is 17.5. The molecule has 0 aromatic carbocycles. The minimum atomic E-state index is 0.0464. The molecule has 3 fully saturated rings. The van der Waals surface area contributed by atoms with Crippen molar-refractivity contribution in [2.24, 2.45) is 5.92 Å². The molecule has 2 aliphatic heterocycles. The molecule has 146 valence electrons. The highest BCUT2D eigenvalue weighted by molar-refractivity contribution is 5.83. The van der Waals surface area contributed by atoms with Crippen molar-refractivity contribution < 1.29 is 9.53 Å². The Bertz CT molecular complexity index is 837. The van der Waals surface area contributed by atoms with Gasteiger partial charge < -0.3 is 14.5 Å². The predicted octanol–water partition coefficient (Wildman–Crippen LogP) is 2.86. The van der Waals surface area contributed by atoms with Crippen LogP contribution >= 0.6 is 0 Å². The fourth-order valence-corrected chi connectivity index (χ4v) is 4.51. The number of pyridine rings is 2. The third kappa shape index (κ3) is 3.43. The molecule has 0 bridgehead atoms. The van der Waals surface area contributed by atoms with Crippen molar-refractivity contribution in [1.82, 2.24) is 14.9 Å². The molecule has 28 heavy (non-hydrogen) atoms. The van der Waals surface area contributed by atoms with Crippen LogP contribution < -0.4 is 9.64 Å². The van der Waals surface area contributed by atoms with Gasteiger partial charge in [-0.3, -0.25) is 9.78 Å². The van der Waals surface area contributed by atoms with Crippen molar-refractivity contribution in [3.05, 3.63) is 48.4 Å². The Morgan fingerprint density at radius 1 is 1.11 bits per heavy atom. The van der Waals surface area contributed by atoms with Crippen LogP contribution in [0, 0.1) is 5.92 Å². The molecule has 0 N–H and O–H groups in total. The van der Waals surface area contributed by atoms with Crippen LogP contribution in [0.15, 0.2) is 42.9 Å². The number of ether oxygens (including phenoxy) is 1. The molecule has 0 spiro atoms. The van der Waals surface area contributed by atoms with E-state index in [4.69, 9.17) is 4.74 Å². The summed E-state index contributed by atoms with van der Waals surface area (Å²) >= 11 is 0. The molecule has 2 saturated heterocycles. The summed E-state index contributed by atoms with van der Waals surface area (Å²) in [5.74, 6) is 2.51. The monoisotopic (exact) mass is 378 g/mol. The number of likely N-dealkylation sites (tertiary alicyclic amines) is 1. The highest BCUT2D eigenvalue weighted by Gasteiger charge is 2.47. The Morgan fingerprint density at radius 2 is 1.96 bits per heavy atom. The largest absolute Gasteiger partial charge is 0.485 e. The Kier molecular flexibility index (Phi) is 4.63. The van der Waals surface area contributed by atoms with Crippen LogP contribution in [0.5, 0.6) is 5.75 Å². The van der Waals surface area contributed by atoms with Gasteiger partial charge in [-0.2, -0.15) is 0 Å². The number of hydrogen-bond acceptors (Lipinski definition) is 5. The van der Waals surface area contributed by atoms with Crippen molar-refractivity contribution in [3.8, 4) is 5.75 Å². The first-order chi connectivity index (χ1) is 13.8. The summed E-state index contributed by atoms with van der Waals surface area (Å²) in [5, 5.41) is 0. The number of carbonyl (C=O) groups is 1. The molecule has 3 aliphatic rings. The van der Waals surface area contributed by atoms with Crippen LogP contribution in [0.4, 0.5) is 5.82 Å². The van der Waals surface area contributed by atoms with Crippen molar-refractivity contribution in [1.29, 1.82) is 0 Å². The Hall–Kier alpha value is -2.63. The Labute approximate surface area is 165 Å². The average molecular weight is 378 g/mol. The molecular weight excluding hydrogens is 352 g/mol. The molecule has 2 aromatic rings. The zero-order chi connectivity index (χ0) is 18.9. The molecule has 0 radical (unpaired) electrons. The second-order valence-corrected chi connectivity index (χ2v) is 8.07.